The molecule has 1 unspecified atom stereocenters. The van der Waals surface area contributed by atoms with Crippen LogP contribution >= 0.6 is 15.9 Å². The largest absolute Gasteiger partial charge is 0.444 e. The molecular formula is C18H24BrN3O3. The van der Waals surface area contributed by atoms with E-state index in [4.69, 9.17) is 9.15 Å². The molecule has 136 valence electrons. The first kappa shape index (κ1) is 18.0. The number of rotatable bonds is 1. The number of anilines is 1. The molecule has 1 saturated heterocycles. The van der Waals surface area contributed by atoms with Crippen molar-refractivity contribution in [2.24, 2.45) is 0 Å². The van der Waals surface area contributed by atoms with Crippen LogP contribution in [0.1, 0.15) is 33.3 Å². The highest BCUT2D eigenvalue weighted by Gasteiger charge is 2.32. The van der Waals surface area contributed by atoms with Crippen LogP contribution in [-0.4, -0.2) is 47.3 Å². The minimum atomic E-state index is -0.483. The van der Waals surface area contributed by atoms with E-state index in [1.54, 1.807) is 4.90 Å². The fourth-order valence-electron chi connectivity index (χ4n) is 3.00. The average molecular weight is 410 g/mol. The summed E-state index contributed by atoms with van der Waals surface area (Å²) in [6.07, 6.45) is -0.267. The van der Waals surface area contributed by atoms with Gasteiger partial charge in [-0.25, -0.2) is 4.79 Å². The Morgan fingerprint density at radius 3 is 2.72 bits per heavy atom. The van der Waals surface area contributed by atoms with E-state index in [-0.39, 0.29) is 12.1 Å². The van der Waals surface area contributed by atoms with Crippen LogP contribution in [0.3, 0.4) is 0 Å². The van der Waals surface area contributed by atoms with Crippen molar-refractivity contribution in [3.63, 3.8) is 0 Å². The second-order valence-corrected chi connectivity index (χ2v) is 8.45. The van der Waals surface area contributed by atoms with Crippen molar-refractivity contribution in [1.82, 2.24) is 9.88 Å². The van der Waals surface area contributed by atoms with Gasteiger partial charge >= 0.3 is 6.09 Å². The van der Waals surface area contributed by atoms with Crippen LogP contribution < -0.4 is 4.90 Å². The van der Waals surface area contributed by atoms with Crippen molar-refractivity contribution in [2.45, 2.75) is 46.3 Å². The number of carbonyl (C=O) groups excluding carboxylic acids is 1. The van der Waals surface area contributed by atoms with Crippen LogP contribution in [0.4, 0.5) is 10.8 Å². The number of hydrogen-bond acceptors (Lipinski definition) is 5. The van der Waals surface area contributed by atoms with E-state index >= 15 is 0 Å². The quantitative estimate of drug-likeness (QED) is 0.700. The number of aromatic nitrogens is 1. The molecule has 0 spiro atoms. The molecule has 1 aliphatic heterocycles. The highest BCUT2D eigenvalue weighted by Crippen LogP contribution is 2.29. The van der Waals surface area contributed by atoms with E-state index < -0.39 is 5.60 Å². The first-order valence-electron chi connectivity index (χ1n) is 8.45. The standard InChI is InChI=1S/C18H24BrN3O3/c1-11-8-13(19)9-14-15(11)24-16(20-14)22-7-6-21(10-12(22)2)17(23)25-18(3,4)5/h8-9,12H,6-7,10H2,1-5H3. The number of oxazole rings is 1. The Bertz CT molecular complexity index is 797. The molecule has 7 heteroatoms. The lowest BCUT2D eigenvalue weighted by molar-refractivity contribution is 0.0216. The van der Waals surface area contributed by atoms with E-state index in [1.807, 2.05) is 39.8 Å². The van der Waals surface area contributed by atoms with Gasteiger partial charge in [-0.15, -0.1) is 0 Å². The molecule has 0 aliphatic carbocycles. The fourth-order valence-corrected chi connectivity index (χ4v) is 3.56. The lowest BCUT2D eigenvalue weighted by Crippen LogP contribution is -2.54. The number of aryl methyl sites for hydroxylation is 1. The summed E-state index contributed by atoms with van der Waals surface area (Å²) in [6.45, 7) is 11.5. The van der Waals surface area contributed by atoms with Crippen molar-refractivity contribution < 1.29 is 13.9 Å². The van der Waals surface area contributed by atoms with E-state index in [9.17, 15) is 4.79 Å². The predicted molar refractivity (Wildman–Crippen MR) is 101 cm³/mol. The topological polar surface area (TPSA) is 58.8 Å². The SMILES string of the molecule is Cc1cc(Br)cc2nc(N3CCN(C(=O)OC(C)(C)C)CC3C)oc12. The van der Waals surface area contributed by atoms with Crippen LogP contribution in [0.25, 0.3) is 11.1 Å². The number of amides is 1. The van der Waals surface area contributed by atoms with Crippen LogP contribution in [-0.2, 0) is 4.74 Å². The Labute approximate surface area is 156 Å². The van der Waals surface area contributed by atoms with Gasteiger partial charge in [-0.3, -0.25) is 0 Å². The third-order valence-corrected chi connectivity index (χ3v) is 4.61. The van der Waals surface area contributed by atoms with Gasteiger partial charge in [0.25, 0.3) is 6.01 Å². The maximum atomic E-state index is 12.3. The smallest absolute Gasteiger partial charge is 0.410 e. The molecule has 0 saturated carbocycles. The molecule has 1 amide bonds. The fraction of sp³-hybridized carbons (Fsp3) is 0.556. The number of benzene rings is 1. The van der Waals surface area contributed by atoms with Crippen LogP contribution in [0.2, 0.25) is 0 Å². The third-order valence-electron chi connectivity index (χ3n) is 4.15. The van der Waals surface area contributed by atoms with Gasteiger partial charge in [0.2, 0.25) is 0 Å². The third kappa shape index (κ3) is 3.92. The number of piperazine rings is 1. The highest BCUT2D eigenvalue weighted by atomic mass is 79.9. The molecule has 2 heterocycles. The molecule has 1 aromatic carbocycles. The van der Waals surface area contributed by atoms with Gasteiger partial charge in [0.05, 0.1) is 0 Å². The molecule has 0 radical (unpaired) electrons. The van der Waals surface area contributed by atoms with Gasteiger partial charge in [0.1, 0.15) is 11.1 Å². The zero-order valence-electron chi connectivity index (χ0n) is 15.3. The highest BCUT2D eigenvalue weighted by molar-refractivity contribution is 9.10. The number of halogens is 1. The Kier molecular flexibility index (Phi) is 4.70. The Morgan fingerprint density at radius 2 is 2.08 bits per heavy atom. The molecule has 1 aromatic heterocycles. The molecule has 6 nitrogen and oxygen atoms in total. The van der Waals surface area contributed by atoms with Crippen LogP contribution in [0.15, 0.2) is 21.0 Å². The minimum absolute atomic E-state index is 0.0954. The Balaban J connectivity index is 1.76. The zero-order chi connectivity index (χ0) is 18.4. The minimum Gasteiger partial charge on any atom is -0.444 e. The first-order valence-corrected chi connectivity index (χ1v) is 9.24. The summed E-state index contributed by atoms with van der Waals surface area (Å²) in [5.41, 5.74) is 2.20. The molecule has 0 N–H and O–H groups in total. The molecule has 3 rings (SSSR count). The molecular weight excluding hydrogens is 386 g/mol. The second kappa shape index (κ2) is 6.52. The Hall–Kier alpha value is -1.76. The number of carbonyl (C=O) groups is 1. The maximum Gasteiger partial charge on any atom is 0.410 e. The van der Waals surface area contributed by atoms with E-state index in [1.165, 1.54) is 0 Å². The van der Waals surface area contributed by atoms with Crippen molar-refractivity contribution >= 4 is 39.1 Å². The predicted octanol–water partition coefficient (Wildman–Crippen LogP) is 4.34. The second-order valence-electron chi connectivity index (χ2n) is 7.54. The van der Waals surface area contributed by atoms with Crippen LogP contribution in [0.5, 0.6) is 0 Å². The van der Waals surface area contributed by atoms with Gasteiger partial charge in [-0.05, 0) is 52.3 Å². The van der Waals surface area contributed by atoms with E-state index in [0.29, 0.717) is 25.6 Å². The molecule has 1 aliphatic rings. The van der Waals surface area contributed by atoms with Crippen molar-refractivity contribution in [2.75, 3.05) is 24.5 Å². The van der Waals surface area contributed by atoms with Gasteiger partial charge in [0, 0.05) is 30.1 Å². The summed E-state index contributed by atoms with van der Waals surface area (Å²) in [5, 5.41) is 0. The van der Waals surface area contributed by atoms with Gasteiger partial charge in [-0.2, -0.15) is 4.98 Å². The monoisotopic (exact) mass is 409 g/mol. The van der Waals surface area contributed by atoms with Gasteiger partial charge in [0.15, 0.2) is 5.58 Å². The number of nitrogens with zero attached hydrogens (tertiary/aromatic N) is 3. The van der Waals surface area contributed by atoms with Crippen molar-refractivity contribution in [3.05, 3.63) is 22.2 Å². The normalized spacial score (nSPS) is 18.7. The number of ether oxygens (including phenoxy) is 1. The lowest BCUT2D eigenvalue weighted by atomic mass is 10.2. The molecule has 25 heavy (non-hydrogen) atoms. The van der Waals surface area contributed by atoms with Crippen LogP contribution in [0, 0.1) is 6.92 Å². The summed E-state index contributed by atoms with van der Waals surface area (Å²) < 4.78 is 12.5. The van der Waals surface area contributed by atoms with Crippen molar-refractivity contribution in [3.8, 4) is 0 Å². The number of hydrogen-bond donors (Lipinski definition) is 0. The first-order chi connectivity index (χ1) is 11.6. The Morgan fingerprint density at radius 1 is 1.36 bits per heavy atom. The summed E-state index contributed by atoms with van der Waals surface area (Å²) in [6, 6.07) is 4.67. The molecule has 2 aromatic rings. The summed E-state index contributed by atoms with van der Waals surface area (Å²) in [4.78, 5) is 20.8. The van der Waals surface area contributed by atoms with E-state index in [0.717, 1.165) is 21.1 Å². The summed E-state index contributed by atoms with van der Waals surface area (Å²) in [7, 11) is 0. The molecule has 1 fully saturated rings. The van der Waals surface area contributed by atoms with Crippen molar-refractivity contribution in [1.29, 1.82) is 0 Å². The van der Waals surface area contributed by atoms with E-state index in [2.05, 4.69) is 32.7 Å². The average Bonchev–Trinajstić information content (AvgIpc) is 2.89. The number of fused-ring (bicyclic) bond motifs is 1. The molecule has 0 bridgehead atoms. The summed E-state index contributed by atoms with van der Waals surface area (Å²) in [5.74, 6) is 0. The molecule has 1 atom stereocenters. The lowest BCUT2D eigenvalue weighted by Gasteiger charge is -2.39. The zero-order valence-corrected chi connectivity index (χ0v) is 16.9. The maximum absolute atomic E-state index is 12.3. The van der Waals surface area contributed by atoms with Gasteiger partial charge in [-0.1, -0.05) is 15.9 Å². The van der Waals surface area contributed by atoms with Gasteiger partial charge < -0.3 is 19.0 Å². The summed E-state index contributed by atoms with van der Waals surface area (Å²) >= 11 is 3.49.